The average Bonchev–Trinajstić information content (AvgIpc) is 2.56. The number of ether oxygens (including phenoxy) is 1. The molecule has 4 atom stereocenters. The maximum atomic E-state index is 12.3. The van der Waals surface area contributed by atoms with E-state index in [-0.39, 0.29) is 11.8 Å². The van der Waals surface area contributed by atoms with Crippen LogP contribution in [0.3, 0.4) is 0 Å². The lowest BCUT2D eigenvalue weighted by Crippen LogP contribution is -2.58. The summed E-state index contributed by atoms with van der Waals surface area (Å²) in [6, 6.07) is 0. The molecule has 3 heterocycles. The van der Waals surface area contributed by atoms with Crippen LogP contribution in [0, 0.1) is 11.8 Å². The van der Waals surface area contributed by atoms with Gasteiger partial charge in [-0.05, 0) is 13.0 Å². The van der Waals surface area contributed by atoms with Gasteiger partial charge in [-0.2, -0.15) is 0 Å². The normalized spacial score (nSPS) is 41.9. The standard InChI is InChI=1S/C11H9Br2NO4/c1-2-14-8(15)5-6(9(14)16)11(13)3-4(12)7(5)18-10(11)17/h3,5-7H,2H2,1H3/t5-,6-,7-,11-/m1/s1. The van der Waals surface area contributed by atoms with Crippen LogP contribution in [0.2, 0.25) is 0 Å². The van der Waals surface area contributed by atoms with E-state index in [1.807, 2.05) is 0 Å². The Hall–Kier alpha value is -0.690. The molecule has 0 aromatic carbocycles. The van der Waals surface area contributed by atoms with E-state index in [1.165, 1.54) is 4.90 Å². The Morgan fingerprint density at radius 2 is 2.06 bits per heavy atom. The van der Waals surface area contributed by atoms with Gasteiger partial charge < -0.3 is 4.74 Å². The molecule has 2 fully saturated rings. The van der Waals surface area contributed by atoms with E-state index in [9.17, 15) is 14.4 Å². The summed E-state index contributed by atoms with van der Waals surface area (Å²) in [7, 11) is 0. The molecule has 4 aliphatic rings. The first-order valence-corrected chi connectivity index (χ1v) is 7.14. The lowest BCUT2D eigenvalue weighted by atomic mass is 9.73. The van der Waals surface area contributed by atoms with Crippen LogP contribution in [0.15, 0.2) is 10.6 Å². The number of alkyl halides is 1. The van der Waals surface area contributed by atoms with Gasteiger partial charge in [-0.1, -0.05) is 31.9 Å². The summed E-state index contributed by atoms with van der Waals surface area (Å²) < 4.78 is 4.64. The second-order valence-corrected chi connectivity index (χ2v) is 6.78. The number of imide groups is 1. The zero-order valence-corrected chi connectivity index (χ0v) is 12.5. The van der Waals surface area contributed by atoms with E-state index < -0.39 is 28.2 Å². The number of carbonyl (C=O) groups excluding carboxylic acids is 3. The minimum Gasteiger partial charge on any atom is -0.455 e. The van der Waals surface area contributed by atoms with Crippen molar-refractivity contribution in [1.29, 1.82) is 0 Å². The molecule has 2 saturated heterocycles. The molecule has 0 radical (unpaired) electrons. The Labute approximate surface area is 120 Å². The van der Waals surface area contributed by atoms with Gasteiger partial charge in [-0.15, -0.1) is 0 Å². The van der Waals surface area contributed by atoms with Crippen LogP contribution in [0.4, 0.5) is 0 Å². The van der Waals surface area contributed by atoms with E-state index in [1.54, 1.807) is 13.0 Å². The van der Waals surface area contributed by atoms with E-state index in [0.717, 1.165) is 0 Å². The molecule has 0 unspecified atom stereocenters. The molecule has 5 nitrogen and oxygen atoms in total. The van der Waals surface area contributed by atoms with Gasteiger partial charge in [0.2, 0.25) is 11.8 Å². The highest BCUT2D eigenvalue weighted by Gasteiger charge is 2.68. The fourth-order valence-electron chi connectivity index (χ4n) is 2.87. The fourth-order valence-corrected chi connectivity index (χ4v) is 4.74. The van der Waals surface area contributed by atoms with E-state index >= 15 is 0 Å². The summed E-state index contributed by atoms with van der Waals surface area (Å²) in [4.78, 5) is 37.6. The zero-order chi connectivity index (χ0) is 13.2. The molecule has 0 spiro atoms. The molecular formula is C11H9Br2NO4. The largest absolute Gasteiger partial charge is 0.455 e. The average molecular weight is 379 g/mol. The van der Waals surface area contributed by atoms with Gasteiger partial charge >= 0.3 is 5.97 Å². The highest BCUT2D eigenvalue weighted by molar-refractivity contribution is 9.12. The highest BCUT2D eigenvalue weighted by Crippen LogP contribution is 2.54. The van der Waals surface area contributed by atoms with Crippen LogP contribution in [-0.4, -0.2) is 39.7 Å². The number of carbonyl (C=O) groups is 3. The summed E-state index contributed by atoms with van der Waals surface area (Å²) in [5, 5.41) is 0. The molecule has 2 amide bonds. The Morgan fingerprint density at radius 3 is 2.67 bits per heavy atom. The number of esters is 1. The van der Waals surface area contributed by atoms with Crippen LogP contribution < -0.4 is 0 Å². The molecule has 96 valence electrons. The van der Waals surface area contributed by atoms with Crippen molar-refractivity contribution in [3.63, 3.8) is 0 Å². The minimum atomic E-state index is -1.22. The number of nitrogens with zero attached hydrogens (tertiary/aromatic N) is 1. The fraction of sp³-hybridized carbons (Fsp3) is 0.545. The molecule has 2 bridgehead atoms. The molecule has 4 rings (SSSR count). The quantitative estimate of drug-likeness (QED) is 0.387. The maximum absolute atomic E-state index is 12.3. The van der Waals surface area contributed by atoms with Gasteiger partial charge in [0.05, 0.1) is 11.8 Å². The van der Waals surface area contributed by atoms with Crippen LogP contribution in [0.1, 0.15) is 6.92 Å². The van der Waals surface area contributed by atoms with E-state index in [4.69, 9.17) is 4.74 Å². The molecule has 1 aliphatic carbocycles. The predicted octanol–water partition coefficient (Wildman–Crippen LogP) is 0.959. The zero-order valence-electron chi connectivity index (χ0n) is 9.35. The number of halogens is 2. The van der Waals surface area contributed by atoms with Crippen molar-refractivity contribution >= 4 is 49.6 Å². The third kappa shape index (κ3) is 1.24. The second-order valence-electron chi connectivity index (χ2n) is 4.55. The first-order chi connectivity index (χ1) is 8.41. The monoisotopic (exact) mass is 377 g/mol. The minimum absolute atomic E-state index is 0.265. The van der Waals surface area contributed by atoms with Gasteiger partial charge in [0.25, 0.3) is 0 Å². The molecule has 18 heavy (non-hydrogen) atoms. The van der Waals surface area contributed by atoms with Gasteiger partial charge in [0.1, 0.15) is 6.10 Å². The van der Waals surface area contributed by atoms with E-state index in [0.29, 0.717) is 11.0 Å². The first-order valence-electron chi connectivity index (χ1n) is 5.55. The molecule has 7 heteroatoms. The molecule has 3 aliphatic heterocycles. The Morgan fingerprint density at radius 1 is 1.39 bits per heavy atom. The third-order valence-corrected chi connectivity index (χ3v) is 5.43. The van der Waals surface area contributed by atoms with Crippen molar-refractivity contribution in [2.75, 3.05) is 6.54 Å². The van der Waals surface area contributed by atoms with Gasteiger partial charge in [0.15, 0.2) is 4.32 Å². The van der Waals surface area contributed by atoms with Gasteiger partial charge in [-0.25, -0.2) is 0 Å². The SMILES string of the molecule is CCN1C(=O)[C@H]2[C@@H]3OC(=O)[C@@](Br)(C=C3Br)[C@H]2C1=O. The second kappa shape index (κ2) is 3.66. The first kappa shape index (κ1) is 12.3. The van der Waals surface area contributed by atoms with Crippen molar-refractivity contribution in [2.45, 2.75) is 17.4 Å². The van der Waals surface area contributed by atoms with E-state index in [2.05, 4.69) is 31.9 Å². The summed E-state index contributed by atoms with van der Waals surface area (Å²) in [6.07, 6.45) is 0.963. The topological polar surface area (TPSA) is 63.7 Å². The lowest BCUT2D eigenvalue weighted by molar-refractivity contribution is -0.165. The maximum Gasteiger partial charge on any atom is 0.328 e. The number of rotatable bonds is 1. The van der Waals surface area contributed by atoms with Gasteiger partial charge in [0, 0.05) is 11.0 Å². The predicted molar refractivity (Wildman–Crippen MR) is 67.9 cm³/mol. The summed E-state index contributed by atoms with van der Waals surface area (Å²) in [5.74, 6) is -2.39. The number of fused-ring (bicyclic) bond motifs is 1. The Bertz CT molecular complexity index is 517. The summed E-state index contributed by atoms with van der Waals surface area (Å²) >= 11 is 6.60. The van der Waals surface area contributed by atoms with Crippen LogP contribution in [0.5, 0.6) is 0 Å². The molecule has 0 aromatic heterocycles. The number of hydrogen-bond acceptors (Lipinski definition) is 4. The smallest absolute Gasteiger partial charge is 0.328 e. The van der Waals surface area contributed by atoms with Crippen molar-refractivity contribution in [2.24, 2.45) is 11.8 Å². The van der Waals surface area contributed by atoms with Crippen molar-refractivity contribution < 1.29 is 19.1 Å². The summed E-state index contributed by atoms with van der Waals surface area (Å²) in [5.41, 5.74) is 0. The summed E-state index contributed by atoms with van der Waals surface area (Å²) in [6.45, 7) is 2.05. The van der Waals surface area contributed by atoms with Crippen LogP contribution in [-0.2, 0) is 19.1 Å². The Balaban J connectivity index is 2.17. The number of likely N-dealkylation sites (tertiary alicyclic amines) is 1. The van der Waals surface area contributed by atoms with Crippen molar-refractivity contribution in [3.8, 4) is 0 Å². The van der Waals surface area contributed by atoms with Crippen molar-refractivity contribution in [1.82, 2.24) is 4.90 Å². The molecule has 0 saturated carbocycles. The van der Waals surface area contributed by atoms with Gasteiger partial charge in [-0.3, -0.25) is 19.3 Å². The molecular weight excluding hydrogens is 370 g/mol. The van der Waals surface area contributed by atoms with Crippen molar-refractivity contribution in [3.05, 3.63) is 10.6 Å². The molecule has 0 aromatic rings. The Kier molecular flexibility index (Phi) is 2.51. The number of amides is 2. The highest BCUT2D eigenvalue weighted by atomic mass is 79.9. The lowest BCUT2D eigenvalue weighted by Gasteiger charge is -2.44. The van der Waals surface area contributed by atoms with Crippen LogP contribution >= 0.6 is 31.9 Å². The third-order valence-electron chi connectivity index (χ3n) is 3.70. The molecule has 0 N–H and O–H groups in total. The number of hydrogen-bond donors (Lipinski definition) is 0. The van der Waals surface area contributed by atoms with Crippen LogP contribution in [0.25, 0.3) is 0 Å².